The summed E-state index contributed by atoms with van der Waals surface area (Å²) >= 11 is 0. The van der Waals surface area contributed by atoms with Crippen molar-refractivity contribution in [2.24, 2.45) is 5.73 Å². The molecular weight excluding hydrogens is 379 g/mol. The lowest BCUT2D eigenvalue weighted by Gasteiger charge is -2.34. The van der Waals surface area contributed by atoms with Crippen LogP contribution in [0.25, 0.3) is 0 Å². The molecule has 1 saturated heterocycles. The lowest BCUT2D eigenvalue weighted by atomic mass is 10.2. The van der Waals surface area contributed by atoms with E-state index in [4.69, 9.17) is 10.5 Å². The number of nitrogens with one attached hydrogen (secondary N) is 1. The topological polar surface area (TPSA) is 122 Å². The van der Waals surface area contributed by atoms with Gasteiger partial charge in [0.25, 0.3) is 0 Å². The maximum absolute atomic E-state index is 14.0. The molecule has 0 bridgehead atoms. The number of hydrogen-bond acceptors (Lipinski definition) is 5. The Balaban J connectivity index is 2.01. The summed E-state index contributed by atoms with van der Waals surface area (Å²) in [6.07, 6.45) is -0.513. The summed E-state index contributed by atoms with van der Waals surface area (Å²) in [7, 11) is -4.03. The van der Waals surface area contributed by atoms with Gasteiger partial charge in [0.05, 0.1) is 5.69 Å². The van der Waals surface area contributed by atoms with E-state index in [1.165, 1.54) is 11.0 Å². The largest absolute Gasteiger partial charge is 0.444 e. The number of primary amides is 1. The summed E-state index contributed by atoms with van der Waals surface area (Å²) in [5.41, 5.74) is 4.05. The third kappa shape index (κ3) is 5.54. The van der Waals surface area contributed by atoms with Crippen molar-refractivity contribution in [1.82, 2.24) is 9.21 Å². The lowest BCUT2D eigenvalue weighted by molar-refractivity contribution is 0.0193. The van der Waals surface area contributed by atoms with Gasteiger partial charge < -0.3 is 15.4 Å². The van der Waals surface area contributed by atoms with Gasteiger partial charge in [-0.25, -0.2) is 9.18 Å². The smallest absolute Gasteiger partial charge is 0.410 e. The average molecular weight is 402 g/mol. The first-order valence-corrected chi connectivity index (χ1v) is 9.68. The van der Waals surface area contributed by atoms with Crippen LogP contribution in [0.5, 0.6) is 0 Å². The van der Waals surface area contributed by atoms with Crippen LogP contribution in [0.1, 0.15) is 31.1 Å². The summed E-state index contributed by atoms with van der Waals surface area (Å²) in [5.74, 6) is -1.73. The van der Waals surface area contributed by atoms with Gasteiger partial charge in [-0.05, 0) is 39.0 Å². The minimum atomic E-state index is -4.03. The molecule has 1 aliphatic rings. The van der Waals surface area contributed by atoms with Gasteiger partial charge in [-0.15, -0.1) is 0 Å². The number of anilines is 1. The van der Waals surface area contributed by atoms with E-state index >= 15 is 0 Å². The van der Waals surface area contributed by atoms with Gasteiger partial charge in [0.2, 0.25) is 5.91 Å². The predicted octanol–water partition coefficient (Wildman–Crippen LogP) is 1.13. The van der Waals surface area contributed by atoms with Crippen LogP contribution < -0.4 is 10.5 Å². The van der Waals surface area contributed by atoms with Gasteiger partial charge in [-0.1, -0.05) is 0 Å². The maximum atomic E-state index is 14.0. The molecule has 0 saturated carbocycles. The molecule has 1 aromatic carbocycles. The summed E-state index contributed by atoms with van der Waals surface area (Å²) in [6, 6.07) is 3.22. The van der Waals surface area contributed by atoms with Crippen molar-refractivity contribution in [3.05, 3.63) is 29.6 Å². The van der Waals surface area contributed by atoms with Crippen LogP contribution in [0, 0.1) is 5.82 Å². The number of nitrogens with zero attached hydrogens (tertiary/aromatic N) is 2. The van der Waals surface area contributed by atoms with Crippen LogP contribution >= 0.6 is 0 Å². The van der Waals surface area contributed by atoms with E-state index in [2.05, 4.69) is 4.72 Å². The van der Waals surface area contributed by atoms with E-state index in [1.807, 2.05) is 0 Å². The highest BCUT2D eigenvalue weighted by molar-refractivity contribution is 7.90. The standard InChI is InChI=1S/C16H23FN4O5S/c1-16(2,3)26-15(23)20-6-8-21(9-7-20)27(24,25)19-13-5-4-11(14(18)22)10-12(13)17/h4-5,10,19H,6-9H2,1-3H3,(H2,18,22). The molecule has 3 N–H and O–H groups in total. The number of piperazine rings is 1. The van der Waals surface area contributed by atoms with Crippen LogP contribution in [0.4, 0.5) is 14.9 Å². The minimum absolute atomic E-state index is 0.0373. The van der Waals surface area contributed by atoms with Crippen molar-refractivity contribution >= 4 is 27.9 Å². The van der Waals surface area contributed by atoms with Crippen molar-refractivity contribution in [1.29, 1.82) is 0 Å². The molecule has 2 rings (SSSR count). The molecule has 1 fully saturated rings. The Hall–Kier alpha value is -2.40. The summed E-state index contributed by atoms with van der Waals surface area (Å²) < 4.78 is 47.4. The average Bonchev–Trinajstić information content (AvgIpc) is 2.55. The highest BCUT2D eigenvalue weighted by atomic mass is 32.2. The van der Waals surface area contributed by atoms with Crippen molar-refractivity contribution in [3.63, 3.8) is 0 Å². The zero-order valence-electron chi connectivity index (χ0n) is 15.4. The second-order valence-electron chi connectivity index (χ2n) is 7.03. The minimum Gasteiger partial charge on any atom is -0.444 e. The molecule has 1 aromatic rings. The van der Waals surface area contributed by atoms with Gasteiger partial charge in [0, 0.05) is 31.7 Å². The van der Waals surface area contributed by atoms with E-state index in [0.29, 0.717) is 0 Å². The Bertz CT molecular complexity index is 830. The SMILES string of the molecule is CC(C)(C)OC(=O)N1CCN(S(=O)(=O)Nc2ccc(C(N)=O)cc2F)CC1. The highest BCUT2D eigenvalue weighted by Gasteiger charge is 2.31. The van der Waals surface area contributed by atoms with E-state index in [1.54, 1.807) is 20.8 Å². The molecule has 0 spiro atoms. The third-order valence-corrected chi connectivity index (χ3v) is 5.25. The van der Waals surface area contributed by atoms with Gasteiger partial charge in [0.15, 0.2) is 0 Å². The molecule has 0 aromatic heterocycles. The molecule has 0 radical (unpaired) electrons. The normalized spacial score (nSPS) is 16.1. The zero-order chi connectivity index (χ0) is 20.4. The number of hydrogen-bond donors (Lipinski definition) is 2. The lowest BCUT2D eigenvalue weighted by Crippen LogP contribution is -2.52. The van der Waals surface area contributed by atoms with E-state index in [9.17, 15) is 22.4 Å². The number of benzene rings is 1. The van der Waals surface area contributed by atoms with Crippen LogP contribution in [0.2, 0.25) is 0 Å². The van der Waals surface area contributed by atoms with Crippen LogP contribution in [0.3, 0.4) is 0 Å². The van der Waals surface area contributed by atoms with Gasteiger partial charge in [0.1, 0.15) is 11.4 Å². The number of halogens is 1. The van der Waals surface area contributed by atoms with Gasteiger partial charge >= 0.3 is 16.3 Å². The Kier molecular flexibility index (Phi) is 5.95. The van der Waals surface area contributed by atoms with E-state index < -0.39 is 33.6 Å². The maximum Gasteiger partial charge on any atom is 0.410 e. The predicted molar refractivity (Wildman–Crippen MR) is 96.8 cm³/mol. The second kappa shape index (κ2) is 7.69. The molecule has 0 unspecified atom stereocenters. The molecule has 27 heavy (non-hydrogen) atoms. The monoisotopic (exact) mass is 402 g/mol. The number of carbonyl (C=O) groups is 2. The van der Waals surface area contributed by atoms with E-state index in [-0.39, 0.29) is 37.4 Å². The Labute approximate surface area is 157 Å². The second-order valence-corrected chi connectivity index (χ2v) is 8.70. The van der Waals surface area contributed by atoms with Crippen molar-refractivity contribution < 1.29 is 27.1 Å². The quantitative estimate of drug-likeness (QED) is 0.782. The van der Waals surface area contributed by atoms with Crippen LogP contribution in [-0.2, 0) is 14.9 Å². The Morgan fingerprint density at radius 3 is 2.26 bits per heavy atom. The van der Waals surface area contributed by atoms with Crippen molar-refractivity contribution in [3.8, 4) is 0 Å². The fourth-order valence-electron chi connectivity index (χ4n) is 2.39. The number of amides is 2. The number of carbonyl (C=O) groups excluding carboxylic acids is 2. The molecule has 0 atom stereocenters. The number of nitrogens with two attached hydrogens (primary N) is 1. The Morgan fingerprint density at radius 1 is 1.19 bits per heavy atom. The molecule has 1 heterocycles. The molecule has 150 valence electrons. The highest BCUT2D eigenvalue weighted by Crippen LogP contribution is 2.19. The zero-order valence-corrected chi connectivity index (χ0v) is 16.2. The van der Waals surface area contributed by atoms with Crippen molar-refractivity contribution in [2.75, 3.05) is 30.9 Å². The summed E-state index contributed by atoms with van der Waals surface area (Å²) in [4.78, 5) is 24.5. The van der Waals surface area contributed by atoms with E-state index in [0.717, 1.165) is 16.4 Å². The molecule has 0 aliphatic carbocycles. The number of ether oxygens (including phenoxy) is 1. The van der Waals surface area contributed by atoms with Crippen LogP contribution in [-0.4, -0.2) is 61.4 Å². The molecule has 1 aliphatic heterocycles. The summed E-state index contributed by atoms with van der Waals surface area (Å²) in [5, 5.41) is 0. The first kappa shape index (κ1) is 20.9. The first-order valence-electron chi connectivity index (χ1n) is 8.24. The van der Waals surface area contributed by atoms with Gasteiger partial charge in [-0.2, -0.15) is 12.7 Å². The molecule has 2 amide bonds. The molecule has 11 heteroatoms. The van der Waals surface area contributed by atoms with Crippen molar-refractivity contribution in [2.45, 2.75) is 26.4 Å². The summed E-state index contributed by atoms with van der Waals surface area (Å²) in [6.45, 7) is 5.61. The fraction of sp³-hybridized carbons (Fsp3) is 0.500. The molecule has 9 nitrogen and oxygen atoms in total. The first-order chi connectivity index (χ1) is 12.4. The Morgan fingerprint density at radius 2 is 1.78 bits per heavy atom. The third-order valence-electron chi connectivity index (χ3n) is 3.72. The van der Waals surface area contributed by atoms with Crippen LogP contribution in [0.15, 0.2) is 18.2 Å². The molecular formula is C16H23FN4O5S. The number of rotatable bonds is 4. The van der Waals surface area contributed by atoms with Gasteiger partial charge in [-0.3, -0.25) is 9.52 Å². The fourth-order valence-corrected chi connectivity index (χ4v) is 3.61.